The minimum Gasteiger partial charge on any atom is -0.315 e. The molecule has 1 saturated heterocycles. The number of benzene rings is 1. The predicted octanol–water partition coefficient (Wildman–Crippen LogP) is 3.74. The van der Waals surface area contributed by atoms with Crippen molar-refractivity contribution in [3.63, 3.8) is 0 Å². The van der Waals surface area contributed by atoms with Crippen molar-refractivity contribution in [2.24, 2.45) is 0 Å². The van der Waals surface area contributed by atoms with Crippen LogP contribution in [0.3, 0.4) is 0 Å². The molecule has 0 spiro atoms. The van der Waals surface area contributed by atoms with Gasteiger partial charge in [-0.15, -0.1) is 12.4 Å². The van der Waals surface area contributed by atoms with Crippen LogP contribution in [0.25, 0.3) is 0 Å². The van der Waals surface area contributed by atoms with Gasteiger partial charge in [0.2, 0.25) is 0 Å². The van der Waals surface area contributed by atoms with E-state index in [-0.39, 0.29) is 17.9 Å². The summed E-state index contributed by atoms with van der Waals surface area (Å²) in [5.74, 6) is 0. The predicted molar refractivity (Wildman–Crippen MR) is 85.5 cm³/mol. The molecule has 1 N–H and O–H groups in total. The van der Waals surface area contributed by atoms with E-state index in [1.807, 2.05) is 0 Å². The van der Waals surface area contributed by atoms with Crippen LogP contribution in [-0.4, -0.2) is 37.6 Å². The number of halogens is 4. The molecule has 1 aromatic carbocycles. The molecule has 0 bridgehead atoms. The summed E-state index contributed by atoms with van der Waals surface area (Å²) in [6.07, 6.45) is -0.521. The Labute approximate surface area is 136 Å². The first kappa shape index (κ1) is 19.3. The van der Waals surface area contributed by atoms with Gasteiger partial charge in [-0.1, -0.05) is 18.2 Å². The Balaban J connectivity index is 0.00000242. The van der Waals surface area contributed by atoms with E-state index < -0.39 is 11.7 Å². The van der Waals surface area contributed by atoms with Crippen molar-refractivity contribution in [2.45, 2.75) is 37.4 Å². The largest absolute Gasteiger partial charge is 0.416 e. The van der Waals surface area contributed by atoms with Gasteiger partial charge < -0.3 is 10.2 Å². The minimum atomic E-state index is -4.26. The summed E-state index contributed by atoms with van der Waals surface area (Å²) in [6.45, 7) is 1.93. The summed E-state index contributed by atoms with van der Waals surface area (Å²) < 4.78 is 38.2. The fourth-order valence-corrected chi connectivity index (χ4v) is 3.05. The number of alkyl halides is 3. The zero-order chi connectivity index (χ0) is 15.5. The van der Waals surface area contributed by atoms with Gasteiger partial charge >= 0.3 is 6.18 Å². The minimum absolute atomic E-state index is 0. The van der Waals surface area contributed by atoms with Gasteiger partial charge in [-0.2, -0.15) is 13.2 Å². The van der Waals surface area contributed by atoms with Crippen molar-refractivity contribution >= 4 is 12.4 Å². The zero-order valence-corrected chi connectivity index (χ0v) is 13.9. The van der Waals surface area contributed by atoms with Crippen LogP contribution in [0.4, 0.5) is 13.2 Å². The van der Waals surface area contributed by atoms with E-state index in [1.165, 1.54) is 12.1 Å². The zero-order valence-electron chi connectivity index (χ0n) is 13.0. The molecule has 1 unspecified atom stereocenters. The molecule has 2 nitrogen and oxygen atoms in total. The lowest BCUT2D eigenvalue weighted by atomic mass is 9.83. The van der Waals surface area contributed by atoms with Gasteiger partial charge in [0.05, 0.1) is 5.56 Å². The van der Waals surface area contributed by atoms with Crippen molar-refractivity contribution < 1.29 is 13.2 Å². The van der Waals surface area contributed by atoms with Crippen molar-refractivity contribution in [3.05, 3.63) is 35.4 Å². The molecule has 22 heavy (non-hydrogen) atoms. The molecule has 0 aromatic heterocycles. The van der Waals surface area contributed by atoms with Crippen LogP contribution in [0.5, 0.6) is 0 Å². The average Bonchev–Trinajstić information content (AvgIpc) is 2.45. The average molecular weight is 337 g/mol. The molecule has 126 valence electrons. The maximum atomic E-state index is 12.7. The molecule has 1 aliphatic rings. The highest BCUT2D eigenvalue weighted by Crippen LogP contribution is 2.31. The van der Waals surface area contributed by atoms with E-state index in [2.05, 4.69) is 24.3 Å². The molecule has 1 aromatic rings. The second-order valence-electron chi connectivity index (χ2n) is 6.10. The van der Waals surface area contributed by atoms with Gasteiger partial charge in [0.15, 0.2) is 0 Å². The Morgan fingerprint density at radius 1 is 1.27 bits per heavy atom. The number of hydrogen-bond acceptors (Lipinski definition) is 2. The van der Waals surface area contributed by atoms with Crippen LogP contribution in [0.1, 0.15) is 30.4 Å². The summed E-state index contributed by atoms with van der Waals surface area (Å²) in [5, 5.41) is 3.41. The van der Waals surface area contributed by atoms with Crippen molar-refractivity contribution in [2.75, 3.05) is 27.2 Å². The first-order valence-corrected chi connectivity index (χ1v) is 7.38. The van der Waals surface area contributed by atoms with Gasteiger partial charge in [0.25, 0.3) is 0 Å². The van der Waals surface area contributed by atoms with E-state index in [1.54, 1.807) is 6.07 Å². The summed E-state index contributed by atoms with van der Waals surface area (Å²) in [7, 11) is 4.11. The SMILES string of the molecule is CN(C)C1(CCc2cccc(C(F)(F)F)c2)CCCNC1.Cl. The summed E-state index contributed by atoms with van der Waals surface area (Å²) in [4.78, 5) is 2.22. The second kappa shape index (κ2) is 7.66. The van der Waals surface area contributed by atoms with E-state index in [0.29, 0.717) is 6.42 Å². The molecular formula is C16H24ClF3N2. The maximum Gasteiger partial charge on any atom is 0.416 e. The Morgan fingerprint density at radius 3 is 2.55 bits per heavy atom. The molecule has 1 aliphatic heterocycles. The molecule has 6 heteroatoms. The Kier molecular flexibility index (Phi) is 6.71. The third-order valence-electron chi connectivity index (χ3n) is 4.53. The lowest BCUT2D eigenvalue weighted by Gasteiger charge is -2.43. The molecule has 1 heterocycles. The van der Waals surface area contributed by atoms with Crippen molar-refractivity contribution in [3.8, 4) is 0 Å². The summed E-state index contributed by atoms with van der Waals surface area (Å²) in [5.41, 5.74) is 0.254. The van der Waals surface area contributed by atoms with Crippen molar-refractivity contribution in [1.82, 2.24) is 10.2 Å². The third kappa shape index (κ3) is 4.61. The molecular weight excluding hydrogens is 313 g/mol. The molecule has 0 saturated carbocycles. The van der Waals surface area contributed by atoms with Crippen LogP contribution in [0, 0.1) is 0 Å². The first-order chi connectivity index (χ1) is 9.83. The van der Waals surface area contributed by atoms with E-state index in [9.17, 15) is 13.2 Å². The first-order valence-electron chi connectivity index (χ1n) is 7.38. The van der Waals surface area contributed by atoms with Crippen molar-refractivity contribution in [1.29, 1.82) is 0 Å². The second-order valence-corrected chi connectivity index (χ2v) is 6.10. The highest BCUT2D eigenvalue weighted by molar-refractivity contribution is 5.85. The van der Waals surface area contributed by atoms with Crippen LogP contribution < -0.4 is 5.32 Å². The number of nitrogens with zero attached hydrogens (tertiary/aromatic N) is 1. The molecule has 0 radical (unpaired) electrons. The Bertz CT molecular complexity index is 469. The van der Waals surface area contributed by atoms with Crippen LogP contribution in [-0.2, 0) is 12.6 Å². The highest BCUT2D eigenvalue weighted by atomic mass is 35.5. The summed E-state index contributed by atoms with van der Waals surface area (Å²) in [6, 6.07) is 5.70. The van der Waals surface area contributed by atoms with E-state index >= 15 is 0 Å². The lowest BCUT2D eigenvalue weighted by Crippen LogP contribution is -2.55. The van der Waals surface area contributed by atoms with Gasteiger partial charge in [-0.05, 0) is 58.0 Å². The standard InChI is InChI=1S/C16H23F3N2.ClH/c1-21(2)15(8-4-10-20-12-15)9-7-13-5-3-6-14(11-13)16(17,18)19;/h3,5-6,11,20H,4,7-10,12H2,1-2H3;1H. The monoisotopic (exact) mass is 336 g/mol. The lowest BCUT2D eigenvalue weighted by molar-refractivity contribution is -0.137. The fourth-order valence-electron chi connectivity index (χ4n) is 3.05. The fraction of sp³-hybridized carbons (Fsp3) is 0.625. The smallest absolute Gasteiger partial charge is 0.315 e. The Morgan fingerprint density at radius 2 is 2.00 bits per heavy atom. The summed E-state index contributed by atoms with van der Waals surface area (Å²) >= 11 is 0. The third-order valence-corrected chi connectivity index (χ3v) is 4.53. The van der Waals surface area contributed by atoms with Crippen LogP contribution >= 0.6 is 12.4 Å². The number of nitrogens with one attached hydrogen (secondary N) is 1. The van der Waals surface area contributed by atoms with Crippen LogP contribution in [0.2, 0.25) is 0 Å². The molecule has 0 amide bonds. The highest BCUT2D eigenvalue weighted by Gasteiger charge is 2.34. The van der Waals surface area contributed by atoms with E-state index in [0.717, 1.165) is 44.0 Å². The van der Waals surface area contributed by atoms with Crippen LogP contribution in [0.15, 0.2) is 24.3 Å². The van der Waals surface area contributed by atoms with Gasteiger partial charge in [0, 0.05) is 12.1 Å². The van der Waals surface area contributed by atoms with Gasteiger partial charge in [-0.25, -0.2) is 0 Å². The number of aryl methyl sites for hydroxylation is 1. The molecule has 2 rings (SSSR count). The van der Waals surface area contributed by atoms with Gasteiger partial charge in [-0.3, -0.25) is 0 Å². The Hall–Kier alpha value is -0.780. The number of likely N-dealkylation sites (N-methyl/N-ethyl adjacent to an activating group) is 1. The quantitative estimate of drug-likeness (QED) is 0.901. The molecule has 1 fully saturated rings. The van der Waals surface area contributed by atoms with E-state index in [4.69, 9.17) is 0 Å². The number of hydrogen-bond donors (Lipinski definition) is 1. The maximum absolute atomic E-state index is 12.7. The normalized spacial score (nSPS) is 22.5. The number of piperidine rings is 1. The van der Waals surface area contributed by atoms with Gasteiger partial charge in [0.1, 0.15) is 0 Å². The molecule has 0 aliphatic carbocycles. The molecule has 1 atom stereocenters. The number of rotatable bonds is 4. The topological polar surface area (TPSA) is 15.3 Å².